The highest BCUT2D eigenvalue weighted by Gasteiger charge is 2.62. The van der Waals surface area contributed by atoms with Crippen LogP contribution in [0.15, 0.2) is 18.5 Å². The van der Waals surface area contributed by atoms with Gasteiger partial charge in [0.25, 0.3) is 0 Å². The zero-order valence-electron chi connectivity index (χ0n) is 9.60. The van der Waals surface area contributed by atoms with Crippen molar-refractivity contribution in [2.24, 2.45) is 11.3 Å². The van der Waals surface area contributed by atoms with Crippen molar-refractivity contribution in [1.29, 1.82) is 0 Å². The van der Waals surface area contributed by atoms with Crippen LogP contribution in [0.3, 0.4) is 0 Å². The molecular formula is C12H15NO3. The van der Waals surface area contributed by atoms with E-state index in [1.165, 1.54) is 0 Å². The first-order valence-electron chi connectivity index (χ1n) is 5.20. The second-order valence-corrected chi connectivity index (χ2v) is 4.77. The van der Waals surface area contributed by atoms with Gasteiger partial charge in [0.05, 0.1) is 19.2 Å². The number of rotatable bonds is 3. The fraction of sp³-hybridized carbons (Fsp3) is 0.500. The molecule has 1 heterocycles. The average Bonchev–Trinajstić information content (AvgIpc) is 2.82. The Balaban J connectivity index is 2.29. The van der Waals surface area contributed by atoms with Gasteiger partial charge in [-0.05, 0) is 17.0 Å². The first-order chi connectivity index (χ1) is 7.48. The van der Waals surface area contributed by atoms with Crippen molar-refractivity contribution in [2.75, 3.05) is 7.11 Å². The summed E-state index contributed by atoms with van der Waals surface area (Å²) in [6.07, 6.45) is 3.34. The second kappa shape index (κ2) is 3.47. The molecule has 1 aliphatic rings. The van der Waals surface area contributed by atoms with Crippen molar-refractivity contribution in [3.8, 4) is 5.75 Å². The number of carboxylic acid groups (broad SMARTS) is 1. The summed E-state index contributed by atoms with van der Waals surface area (Å²) in [5, 5.41) is 9.10. The minimum absolute atomic E-state index is 0.0348. The third-order valence-electron chi connectivity index (χ3n) is 3.42. The number of pyridine rings is 1. The van der Waals surface area contributed by atoms with Gasteiger partial charge >= 0.3 is 5.97 Å². The van der Waals surface area contributed by atoms with Crippen molar-refractivity contribution in [3.63, 3.8) is 0 Å². The number of methoxy groups -OCH3 is 1. The maximum atomic E-state index is 11.1. The van der Waals surface area contributed by atoms with Gasteiger partial charge in [-0.2, -0.15) is 0 Å². The summed E-state index contributed by atoms with van der Waals surface area (Å²) in [5.74, 6) is -0.351. The van der Waals surface area contributed by atoms with Crippen molar-refractivity contribution < 1.29 is 14.6 Å². The minimum Gasteiger partial charge on any atom is -0.495 e. The highest BCUT2D eigenvalue weighted by Crippen LogP contribution is 2.64. The number of ether oxygens (including phenoxy) is 1. The van der Waals surface area contributed by atoms with Gasteiger partial charge < -0.3 is 9.84 Å². The van der Waals surface area contributed by atoms with Crippen molar-refractivity contribution in [3.05, 3.63) is 24.0 Å². The molecule has 1 saturated carbocycles. The molecule has 1 fully saturated rings. The molecule has 0 spiro atoms. The van der Waals surface area contributed by atoms with Gasteiger partial charge in [0, 0.05) is 12.1 Å². The fourth-order valence-corrected chi connectivity index (χ4v) is 2.44. The molecule has 0 amide bonds. The summed E-state index contributed by atoms with van der Waals surface area (Å²) < 4.78 is 5.09. The van der Waals surface area contributed by atoms with Crippen molar-refractivity contribution >= 4 is 5.97 Å². The van der Waals surface area contributed by atoms with Crippen LogP contribution in [0.1, 0.15) is 25.3 Å². The monoisotopic (exact) mass is 221 g/mol. The van der Waals surface area contributed by atoms with Crippen LogP contribution in [0.25, 0.3) is 0 Å². The van der Waals surface area contributed by atoms with E-state index in [0.29, 0.717) is 5.75 Å². The van der Waals surface area contributed by atoms with E-state index in [1.807, 2.05) is 19.9 Å². The van der Waals surface area contributed by atoms with Gasteiger partial charge in [0.1, 0.15) is 5.75 Å². The SMILES string of the molecule is COc1cncc([C@@H]2[C@@H](C(=O)O)C2(C)C)c1. The van der Waals surface area contributed by atoms with Crippen LogP contribution in [0.2, 0.25) is 0 Å². The first kappa shape index (κ1) is 10.9. The molecule has 16 heavy (non-hydrogen) atoms. The molecule has 0 bridgehead atoms. The van der Waals surface area contributed by atoms with E-state index in [0.717, 1.165) is 5.56 Å². The van der Waals surface area contributed by atoms with Crippen LogP contribution in [0.5, 0.6) is 5.75 Å². The topological polar surface area (TPSA) is 59.4 Å². The predicted octanol–water partition coefficient (Wildman–Crippen LogP) is 1.91. The van der Waals surface area contributed by atoms with Gasteiger partial charge in [-0.15, -0.1) is 0 Å². The van der Waals surface area contributed by atoms with Gasteiger partial charge in [0.15, 0.2) is 0 Å². The molecule has 86 valence electrons. The summed E-state index contributed by atoms with van der Waals surface area (Å²) in [4.78, 5) is 15.1. The molecule has 4 nitrogen and oxygen atoms in total. The number of aromatic nitrogens is 1. The molecule has 2 atom stereocenters. The largest absolute Gasteiger partial charge is 0.495 e. The van der Waals surface area contributed by atoms with Gasteiger partial charge in [-0.3, -0.25) is 9.78 Å². The van der Waals surface area contributed by atoms with Gasteiger partial charge in [-0.1, -0.05) is 13.8 Å². The molecule has 0 saturated heterocycles. The molecule has 4 heteroatoms. The zero-order valence-corrected chi connectivity index (χ0v) is 9.60. The summed E-state index contributed by atoms with van der Waals surface area (Å²) in [6.45, 7) is 3.94. The molecule has 2 rings (SSSR count). The van der Waals surface area contributed by atoms with Crippen LogP contribution in [-0.4, -0.2) is 23.2 Å². The third kappa shape index (κ3) is 1.54. The number of hydrogen-bond donors (Lipinski definition) is 1. The Kier molecular flexibility index (Phi) is 2.37. The van der Waals surface area contributed by atoms with Gasteiger partial charge in [-0.25, -0.2) is 0 Å². The van der Waals surface area contributed by atoms with E-state index >= 15 is 0 Å². The molecule has 0 aromatic carbocycles. The van der Waals surface area contributed by atoms with Crippen LogP contribution >= 0.6 is 0 Å². The average molecular weight is 221 g/mol. The molecule has 0 radical (unpaired) electrons. The Labute approximate surface area is 94.3 Å². The minimum atomic E-state index is -0.738. The third-order valence-corrected chi connectivity index (χ3v) is 3.42. The molecule has 0 unspecified atom stereocenters. The second-order valence-electron chi connectivity index (χ2n) is 4.77. The fourth-order valence-electron chi connectivity index (χ4n) is 2.44. The molecular weight excluding hydrogens is 206 g/mol. The van der Waals surface area contributed by atoms with E-state index in [4.69, 9.17) is 9.84 Å². The molecule has 0 aliphatic heterocycles. The molecule has 1 aliphatic carbocycles. The number of carbonyl (C=O) groups is 1. The lowest BCUT2D eigenvalue weighted by molar-refractivity contribution is -0.139. The quantitative estimate of drug-likeness (QED) is 0.847. The molecule has 1 N–H and O–H groups in total. The van der Waals surface area contributed by atoms with E-state index in [1.54, 1.807) is 19.5 Å². The summed E-state index contributed by atoms with van der Waals surface area (Å²) >= 11 is 0. The molecule has 1 aromatic rings. The summed E-state index contributed by atoms with van der Waals surface area (Å²) in [6, 6.07) is 1.86. The van der Waals surface area contributed by atoms with Gasteiger partial charge in [0.2, 0.25) is 0 Å². The number of hydrogen-bond acceptors (Lipinski definition) is 3. The number of carboxylic acids is 1. The Bertz CT molecular complexity index is 428. The first-order valence-corrected chi connectivity index (χ1v) is 5.20. The maximum Gasteiger partial charge on any atom is 0.307 e. The van der Waals surface area contributed by atoms with E-state index in [2.05, 4.69) is 4.98 Å². The van der Waals surface area contributed by atoms with Crippen molar-refractivity contribution in [2.45, 2.75) is 19.8 Å². The maximum absolute atomic E-state index is 11.1. The summed E-state index contributed by atoms with van der Waals surface area (Å²) in [7, 11) is 1.58. The Morgan fingerprint density at radius 1 is 1.50 bits per heavy atom. The van der Waals surface area contributed by atoms with Crippen molar-refractivity contribution in [1.82, 2.24) is 4.98 Å². The summed E-state index contributed by atoms with van der Waals surface area (Å²) in [5.41, 5.74) is 0.747. The van der Waals surface area contributed by atoms with E-state index in [9.17, 15) is 4.79 Å². The lowest BCUT2D eigenvalue weighted by atomic mass is 10.0. The number of aliphatic carboxylic acids is 1. The van der Waals surface area contributed by atoms with Crippen LogP contribution in [-0.2, 0) is 4.79 Å². The lowest BCUT2D eigenvalue weighted by Crippen LogP contribution is -2.03. The smallest absolute Gasteiger partial charge is 0.307 e. The highest BCUT2D eigenvalue weighted by molar-refractivity contribution is 5.77. The van der Waals surface area contributed by atoms with Crippen LogP contribution < -0.4 is 4.74 Å². The lowest BCUT2D eigenvalue weighted by Gasteiger charge is -2.04. The van der Waals surface area contributed by atoms with Crippen LogP contribution in [0, 0.1) is 11.3 Å². The standard InChI is InChI=1S/C12H15NO3/c1-12(2)9(10(12)11(14)15)7-4-8(16-3)6-13-5-7/h4-6,9-10H,1-3H3,(H,14,15)/t9-,10+/m1/s1. The Morgan fingerprint density at radius 3 is 2.69 bits per heavy atom. The number of nitrogens with zero attached hydrogens (tertiary/aromatic N) is 1. The van der Waals surface area contributed by atoms with E-state index in [-0.39, 0.29) is 17.3 Å². The van der Waals surface area contributed by atoms with E-state index < -0.39 is 5.97 Å². The Hall–Kier alpha value is -1.58. The zero-order chi connectivity index (χ0) is 11.9. The molecule has 1 aromatic heterocycles. The Morgan fingerprint density at radius 2 is 2.19 bits per heavy atom. The van der Waals surface area contributed by atoms with Crippen LogP contribution in [0.4, 0.5) is 0 Å². The highest BCUT2D eigenvalue weighted by atomic mass is 16.5. The normalized spacial score (nSPS) is 26.2. The predicted molar refractivity (Wildman–Crippen MR) is 58.4 cm³/mol.